The van der Waals surface area contributed by atoms with Crippen LogP contribution >= 0.6 is 35.6 Å². The Balaban J connectivity index is 0.00000208. The van der Waals surface area contributed by atoms with Crippen molar-refractivity contribution in [3.63, 3.8) is 0 Å². The quantitative estimate of drug-likeness (QED) is 0.861. The summed E-state index contributed by atoms with van der Waals surface area (Å²) in [6.07, 6.45) is 2.13. The number of carbonyl (C=O) groups excluding carboxylic acids is 1. The van der Waals surface area contributed by atoms with Crippen LogP contribution in [0.2, 0.25) is 10.0 Å². The molecule has 1 aromatic carbocycles. The molecule has 1 unspecified atom stereocenters. The van der Waals surface area contributed by atoms with Gasteiger partial charge in [0.05, 0.1) is 28.7 Å². The molecule has 1 aliphatic heterocycles. The zero-order valence-electron chi connectivity index (χ0n) is 12.7. The van der Waals surface area contributed by atoms with Crippen molar-refractivity contribution in [3.8, 4) is 5.75 Å². The average Bonchev–Trinajstić information content (AvgIpc) is 3.19. The second-order valence-corrected chi connectivity index (χ2v) is 6.18. The van der Waals surface area contributed by atoms with Crippen LogP contribution in [-0.2, 0) is 6.54 Å². The molecule has 8 heteroatoms. The number of halogens is 3. The minimum atomic E-state index is -0.0753. The van der Waals surface area contributed by atoms with E-state index in [-0.39, 0.29) is 31.0 Å². The number of ether oxygens (including phenoxy) is 1. The lowest BCUT2D eigenvalue weighted by Gasteiger charge is -2.16. The summed E-state index contributed by atoms with van der Waals surface area (Å²) in [5.74, 6) is 1.16. The molecular weight excluding hydrogens is 375 g/mol. The highest BCUT2D eigenvalue weighted by molar-refractivity contribution is 6.42. The molecular formula is C16H17Cl3N2O3. The summed E-state index contributed by atoms with van der Waals surface area (Å²) in [5, 5.41) is 0.931. The SMILES string of the molecule is Cl.NCc1cc(C(=O)N2CCC(Oc3ccc(Cl)c(Cl)c3)C2)co1. The summed E-state index contributed by atoms with van der Waals surface area (Å²) < 4.78 is 11.1. The van der Waals surface area contributed by atoms with Crippen molar-refractivity contribution >= 4 is 41.5 Å². The fourth-order valence-corrected chi connectivity index (χ4v) is 2.82. The van der Waals surface area contributed by atoms with Gasteiger partial charge >= 0.3 is 0 Å². The summed E-state index contributed by atoms with van der Waals surface area (Å²) >= 11 is 11.9. The Hall–Kier alpha value is -1.40. The predicted molar refractivity (Wildman–Crippen MR) is 95.2 cm³/mol. The first-order valence-corrected chi connectivity index (χ1v) is 8.01. The third-order valence-corrected chi connectivity index (χ3v) is 4.47. The van der Waals surface area contributed by atoms with Crippen molar-refractivity contribution in [2.75, 3.05) is 13.1 Å². The zero-order valence-corrected chi connectivity index (χ0v) is 15.0. The minimum absolute atomic E-state index is 0. The number of carbonyl (C=O) groups is 1. The molecule has 0 bridgehead atoms. The Morgan fingerprint density at radius 1 is 1.33 bits per heavy atom. The zero-order chi connectivity index (χ0) is 16.4. The molecule has 1 fully saturated rings. The molecule has 0 radical (unpaired) electrons. The van der Waals surface area contributed by atoms with E-state index in [4.69, 9.17) is 38.1 Å². The molecule has 1 atom stereocenters. The molecule has 1 aliphatic rings. The number of nitrogens with zero attached hydrogens (tertiary/aromatic N) is 1. The summed E-state index contributed by atoms with van der Waals surface area (Å²) in [6.45, 7) is 1.42. The molecule has 2 heterocycles. The first-order valence-electron chi connectivity index (χ1n) is 7.25. The molecule has 1 amide bonds. The summed E-state index contributed by atoms with van der Waals surface area (Å²) in [4.78, 5) is 14.1. The summed E-state index contributed by atoms with van der Waals surface area (Å²) in [5.41, 5.74) is 6.00. The van der Waals surface area contributed by atoms with Crippen molar-refractivity contribution in [1.82, 2.24) is 4.90 Å². The lowest BCUT2D eigenvalue weighted by Crippen LogP contribution is -2.30. The Morgan fingerprint density at radius 2 is 2.12 bits per heavy atom. The van der Waals surface area contributed by atoms with Crippen molar-refractivity contribution < 1.29 is 13.9 Å². The van der Waals surface area contributed by atoms with Gasteiger partial charge in [0, 0.05) is 19.0 Å². The fourth-order valence-electron chi connectivity index (χ4n) is 2.53. The van der Waals surface area contributed by atoms with E-state index >= 15 is 0 Å². The van der Waals surface area contributed by atoms with E-state index in [0.717, 1.165) is 6.42 Å². The molecule has 2 aromatic rings. The monoisotopic (exact) mass is 390 g/mol. The summed E-state index contributed by atoms with van der Waals surface area (Å²) in [7, 11) is 0. The van der Waals surface area contributed by atoms with E-state index in [0.29, 0.717) is 40.2 Å². The van der Waals surface area contributed by atoms with E-state index in [1.54, 1.807) is 29.2 Å². The van der Waals surface area contributed by atoms with E-state index in [1.165, 1.54) is 6.26 Å². The van der Waals surface area contributed by atoms with Crippen LogP contribution in [0.4, 0.5) is 0 Å². The largest absolute Gasteiger partial charge is 0.488 e. The van der Waals surface area contributed by atoms with Gasteiger partial charge < -0.3 is 19.8 Å². The highest BCUT2D eigenvalue weighted by Crippen LogP contribution is 2.28. The number of hydrogen-bond acceptors (Lipinski definition) is 4. The number of hydrogen-bond donors (Lipinski definition) is 1. The van der Waals surface area contributed by atoms with E-state index in [1.807, 2.05) is 0 Å². The molecule has 0 saturated carbocycles. The van der Waals surface area contributed by atoms with Gasteiger partial charge in [-0.3, -0.25) is 4.79 Å². The van der Waals surface area contributed by atoms with Crippen molar-refractivity contribution in [1.29, 1.82) is 0 Å². The van der Waals surface area contributed by atoms with Crippen molar-refractivity contribution in [2.24, 2.45) is 5.73 Å². The van der Waals surface area contributed by atoms with Crippen LogP contribution in [-0.4, -0.2) is 30.0 Å². The molecule has 0 aliphatic carbocycles. The molecule has 3 rings (SSSR count). The van der Waals surface area contributed by atoms with Crippen LogP contribution in [0.1, 0.15) is 22.5 Å². The van der Waals surface area contributed by atoms with Crippen LogP contribution in [0.15, 0.2) is 34.9 Å². The van der Waals surface area contributed by atoms with E-state index in [9.17, 15) is 4.79 Å². The fraction of sp³-hybridized carbons (Fsp3) is 0.312. The van der Waals surface area contributed by atoms with Gasteiger partial charge in [0.2, 0.25) is 0 Å². The molecule has 2 N–H and O–H groups in total. The number of rotatable bonds is 4. The number of nitrogens with two attached hydrogens (primary N) is 1. The van der Waals surface area contributed by atoms with Gasteiger partial charge in [-0.05, 0) is 18.2 Å². The van der Waals surface area contributed by atoms with Gasteiger partial charge in [-0.25, -0.2) is 0 Å². The number of benzene rings is 1. The Kier molecular flexibility index (Phi) is 6.40. The highest BCUT2D eigenvalue weighted by Gasteiger charge is 2.29. The second-order valence-electron chi connectivity index (χ2n) is 5.36. The van der Waals surface area contributed by atoms with Gasteiger partial charge in [0.1, 0.15) is 23.9 Å². The van der Waals surface area contributed by atoms with Gasteiger partial charge in [-0.15, -0.1) is 12.4 Å². The number of likely N-dealkylation sites (tertiary alicyclic amines) is 1. The van der Waals surface area contributed by atoms with Gasteiger partial charge in [-0.2, -0.15) is 0 Å². The van der Waals surface area contributed by atoms with Crippen LogP contribution in [0, 0.1) is 0 Å². The molecule has 130 valence electrons. The van der Waals surface area contributed by atoms with Crippen molar-refractivity contribution in [2.45, 2.75) is 19.1 Å². The molecule has 24 heavy (non-hydrogen) atoms. The lowest BCUT2D eigenvalue weighted by molar-refractivity contribution is 0.0771. The molecule has 1 aromatic heterocycles. The number of furan rings is 1. The van der Waals surface area contributed by atoms with Crippen LogP contribution in [0.3, 0.4) is 0 Å². The smallest absolute Gasteiger partial charge is 0.257 e. The Morgan fingerprint density at radius 3 is 2.79 bits per heavy atom. The van der Waals surface area contributed by atoms with Gasteiger partial charge in [-0.1, -0.05) is 23.2 Å². The topological polar surface area (TPSA) is 68.7 Å². The molecule has 0 spiro atoms. The van der Waals surface area contributed by atoms with Gasteiger partial charge in [0.25, 0.3) is 5.91 Å². The third-order valence-electron chi connectivity index (χ3n) is 3.73. The summed E-state index contributed by atoms with van der Waals surface area (Å²) in [6, 6.07) is 6.81. The maximum Gasteiger partial charge on any atom is 0.257 e. The Labute approximate surface area is 156 Å². The first-order chi connectivity index (χ1) is 11.1. The van der Waals surface area contributed by atoms with E-state index < -0.39 is 0 Å². The third kappa shape index (κ3) is 4.16. The Bertz CT molecular complexity index is 720. The van der Waals surface area contributed by atoms with Gasteiger partial charge in [0.15, 0.2) is 0 Å². The maximum absolute atomic E-state index is 12.4. The van der Waals surface area contributed by atoms with Crippen molar-refractivity contribution in [3.05, 3.63) is 51.9 Å². The molecule has 1 saturated heterocycles. The normalized spacial score (nSPS) is 16.8. The van der Waals surface area contributed by atoms with Crippen LogP contribution < -0.4 is 10.5 Å². The molecule has 5 nitrogen and oxygen atoms in total. The minimum Gasteiger partial charge on any atom is -0.488 e. The van der Waals surface area contributed by atoms with Crippen LogP contribution in [0.5, 0.6) is 5.75 Å². The highest BCUT2D eigenvalue weighted by atomic mass is 35.5. The number of amides is 1. The van der Waals surface area contributed by atoms with E-state index in [2.05, 4.69) is 0 Å². The first kappa shape index (κ1) is 18.9. The standard InChI is InChI=1S/C16H16Cl2N2O3.ClH/c17-14-2-1-11(6-15(14)18)23-12-3-4-20(8-12)16(21)10-5-13(7-19)22-9-10;/h1-2,5-6,9,12H,3-4,7-8,19H2;1H. The van der Waals surface area contributed by atoms with Crippen LogP contribution in [0.25, 0.3) is 0 Å². The maximum atomic E-state index is 12.4. The lowest BCUT2D eigenvalue weighted by atomic mass is 10.2. The average molecular weight is 392 g/mol. The predicted octanol–water partition coefficient (Wildman–Crippen LogP) is 3.76. The second kappa shape index (κ2) is 8.12.